The minimum absolute atomic E-state index is 0.0154. The topological polar surface area (TPSA) is 177 Å². The van der Waals surface area contributed by atoms with Crippen LogP contribution in [0.3, 0.4) is 0 Å². The molecule has 0 unspecified atom stereocenters. The first-order valence-corrected chi connectivity index (χ1v) is 22.0. The van der Waals surface area contributed by atoms with Crippen LogP contribution in [-0.2, 0) is 24.1 Å². The van der Waals surface area contributed by atoms with Gasteiger partial charge in [-0.15, -0.1) is 0 Å². The molecule has 2 bridgehead atoms. The van der Waals surface area contributed by atoms with E-state index >= 15 is 4.79 Å². The molecule has 11 heteroatoms. The molecular weight excluding hydrogens is 783 g/mol. The largest absolute Gasteiger partial charge is 0.508 e. The number of H-pyrrole nitrogens is 1. The highest BCUT2D eigenvalue weighted by molar-refractivity contribution is 5.91. The lowest BCUT2D eigenvalue weighted by Crippen LogP contribution is -2.48. The summed E-state index contributed by atoms with van der Waals surface area (Å²) in [5, 5.41) is 64.9. The fourth-order valence-corrected chi connectivity index (χ4v) is 10.5. The van der Waals surface area contributed by atoms with Gasteiger partial charge in [-0.1, -0.05) is 44.5 Å². The van der Waals surface area contributed by atoms with E-state index in [0.29, 0.717) is 63.0 Å². The quantitative estimate of drug-likeness (QED) is 0.0599. The first-order chi connectivity index (χ1) is 29.9. The number of Topliss-reactive ketones (excluding diaryl/α,β-unsaturated/α-hetero) is 1. The van der Waals surface area contributed by atoms with Crippen molar-refractivity contribution in [2.75, 3.05) is 25.6 Å². The van der Waals surface area contributed by atoms with Gasteiger partial charge in [0.05, 0.1) is 25.7 Å². The molecule has 3 heterocycles. The van der Waals surface area contributed by atoms with Gasteiger partial charge in [0.25, 0.3) is 0 Å². The van der Waals surface area contributed by atoms with E-state index in [9.17, 15) is 25.5 Å². The SMILES string of the molecule is COc1cc(CC[C@@H](O)[C@@H]2C(=O)C[C@H](c3cc(O)c(O)c(OCC(C)C)c3)CCc3c(ccc4cc(O)ccc34)NC3=CC(=CCN3)[C@]23CCC[C@@H]3Cc2ccc[nH]2)ccc1O. The maximum absolute atomic E-state index is 15.8. The van der Waals surface area contributed by atoms with Crippen molar-refractivity contribution in [1.82, 2.24) is 10.3 Å². The zero-order chi connectivity index (χ0) is 43.5. The number of aromatic nitrogens is 1. The normalized spacial score (nSPS) is 22.1. The third-order valence-corrected chi connectivity index (χ3v) is 13.4. The number of phenols is 4. The molecule has 5 aromatic rings. The van der Waals surface area contributed by atoms with E-state index in [1.165, 1.54) is 7.11 Å². The van der Waals surface area contributed by atoms with Crippen LogP contribution in [-0.4, -0.2) is 62.7 Å². The van der Waals surface area contributed by atoms with Crippen LogP contribution in [0, 0.1) is 23.2 Å². The molecule has 1 saturated carbocycles. The molecule has 11 nitrogen and oxygen atoms in total. The standard InChI is InChI=1S/C51H59N3O8/c1-30(2)29-62-47-26-34(25-45(59)50(47)60)32-10-13-40-39-14-12-38(55)23-33(39)11-15-41(40)54-48-28-36(18-21-53-48)51(19-4-6-35(51)27-37-7-5-20-52-37)49(44(58)24-32)43(57)17-9-31-8-16-42(56)46(22-31)61-3/h5,7-8,11-12,14-16,18,20,22-23,25-26,28,30,32,35,43,49,52-57,59-60H,4,6,9-10,13,17,19,21,24,27,29H2,1-3H3/t32-,35-,43-,49-,51-/m1/s1. The Morgan fingerprint density at radius 1 is 0.935 bits per heavy atom. The average Bonchev–Trinajstić information content (AvgIpc) is 3.93. The number of methoxy groups -OCH3 is 1. The average molecular weight is 842 g/mol. The molecule has 4 aromatic carbocycles. The number of rotatable bonds is 11. The first-order valence-electron chi connectivity index (χ1n) is 22.0. The third kappa shape index (κ3) is 8.68. The number of aryl methyl sites for hydroxylation is 2. The minimum Gasteiger partial charge on any atom is -0.508 e. The molecule has 0 amide bonds. The number of hydrogen-bond donors (Lipinski definition) is 8. The van der Waals surface area contributed by atoms with E-state index in [0.717, 1.165) is 57.5 Å². The maximum Gasteiger partial charge on any atom is 0.200 e. The lowest BCUT2D eigenvalue weighted by atomic mass is 9.58. The van der Waals surface area contributed by atoms with Gasteiger partial charge in [0, 0.05) is 36.0 Å². The van der Waals surface area contributed by atoms with Gasteiger partial charge in [0.15, 0.2) is 23.0 Å². The highest BCUT2D eigenvalue weighted by Gasteiger charge is 2.55. The van der Waals surface area contributed by atoms with Gasteiger partial charge in [0.1, 0.15) is 17.4 Å². The third-order valence-electron chi connectivity index (χ3n) is 13.4. The number of ketones is 1. The summed E-state index contributed by atoms with van der Waals surface area (Å²) in [6, 6.07) is 22.0. The molecule has 62 heavy (non-hydrogen) atoms. The number of hydrogen-bond acceptors (Lipinski definition) is 10. The Hall–Kier alpha value is -6.07. The van der Waals surface area contributed by atoms with Crippen LogP contribution in [0.15, 0.2) is 103 Å². The number of benzene rings is 4. The van der Waals surface area contributed by atoms with Crippen LogP contribution in [0.4, 0.5) is 5.69 Å². The number of aromatic amines is 1. The summed E-state index contributed by atoms with van der Waals surface area (Å²) in [7, 11) is 1.51. The maximum atomic E-state index is 15.8. The second kappa shape index (κ2) is 18.1. The molecule has 1 aliphatic carbocycles. The van der Waals surface area contributed by atoms with Crippen molar-refractivity contribution in [3.05, 3.63) is 125 Å². The molecule has 3 aliphatic rings. The molecular formula is C51H59N3O8. The highest BCUT2D eigenvalue weighted by Crippen LogP contribution is 2.58. The number of phenolic OH excluding ortho intramolecular Hbond substituents is 4. The van der Waals surface area contributed by atoms with Crippen molar-refractivity contribution in [2.45, 2.75) is 83.7 Å². The Balaban J connectivity index is 1.29. The first kappa shape index (κ1) is 42.6. The molecule has 2 aliphatic heterocycles. The predicted octanol–water partition coefficient (Wildman–Crippen LogP) is 9.14. The Morgan fingerprint density at radius 3 is 2.58 bits per heavy atom. The number of aliphatic hydroxyl groups excluding tert-OH is 1. The van der Waals surface area contributed by atoms with Crippen molar-refractivity contribution < 1.29 is 39.8 Å². The van der Waals surface area contributed by atoms with Crippen molar-refractivity contribution in [3.8, 4) is 34.5 Å². The van der Waals surface area contributed by atoms with Gasteiger partial charge in [-0.25, -0.2) is 0 Å². The van der Waals surface area contributed by atoms with Gasteiger partial charge in [-0.2, -0.15) is 0 Å². The zero-order valence-electron chi connectivity index (χ0n) is 35.8. The number of carbonyl (C=O) groups is 1. The van der Waals surface area contributed by atoms with Crippen molar-refractivity contribution in [1.29, 1.82) is 0 Å². The highest BCUT2D eigenvalue weighted by atomic mass is 16.5. The number of anilines is 1. The van der Waals surface area contributed by atoms with Gasteiger partial charge in [0.2, 0.25) is 5.75 Å². The fourth-order valence-electron chi connectivity index (χ4n) is 10.5. The monoisotopic (exact) mass is 841 g/mol. The predicted molar refractivity (Wildman–Crippen MR) is 241 cm³/mol. The zero-order valence-corrected chi connectivity index (χ0v) is 35.8. The minimum atomic E-state index is -1.04. The van der Waals surface area contributed by atoms with E-state index in [-0.39, 0.29) is 52.8 Å². The molecule has 0 saturated heterocycles. The summed E-state index contributed by atoms with van der Waals surface area (Å²) in [5.74, 6) is -0.304. The molecule has 1 spiro atoms. The second-order valence-electron chi connectivity index (χ2n) is 17.8. The van der Waals surface area contributed by atoms with Crippen LogP contribution in [0.2, 0.25) is 0 Å². The van der Waals surface area contributed by atoms with Crippen molar-refractivity contribution in [2.24, 2.45) is 23.2 Å². The second-order valence-corrected chi connectivity index (χ2v) is 17.8. The van der Waals surface area contributed by atoms with Crippen molar-refractivity contribution in [3.63, 3.8) is 0 Å². The fraction of sp³-hybridized carbons (Fsp3) is 0.392. The van der Waals surface area contributed by atoms with E-state index < -0.39 is 23.4 Å². The van der Waals surface area contributed by atoms with Gasteiger partial charge in [-0.3, -0.25) is 4.79 Å². The summed E-state index contributed by atoms with van der Waals surface area (Å²) >= 11 is 0. The number of aliphatic hydroxyl groups is 1. The summed E-state index contributed by atoms with van der Waals surface area (Å²) in [6.45, 7) is 4.86. The lowest BCUT2D eigenvalue weighted by molar-refractivity contribution is -0.134. The van der Waals surface area contributed by atoms with Crippen molar-refractivity contribution >= 4 is 22.2 Å². The Bertz CT molecular complexity index is 2470. The number of nitrogens with one attached hydrogen (secondary N) is 3. The molecule has 1 aromatic heterocycles. The number of allylic oxidation sites excluding steroid dienone is 2. The molecule has 5 atom stereocenters. The number of carbonyl (C=O) groups excluding carboxylic acids is 1. The van der Waals surface area contributed by atoms with Crippen LogP contribution in [0.25, 0.3) is 10.8 Å². The smallest absolute Gasteiger partial charge is 0.200 e. The lowest BCUT2D eigenvalue weighted by Gasteiger charge is -2.46. The molecule has 8 N–H and O–H groups in total. The van der Waals surface area contributed by atoms with Crippen LogP contribution in [0.5, 0.6) is 34.5 Å². The molecule has 326 valence electrons. The van der Waals surface area contributed by atoms with Crippen LogP contribution in [0.1, 0.15) is 80.7 Å². The van der Waals surface area contributed by atoms with Crippen LogP contribution >= 0.6 is 0 Å². The summed E-state index contributed by atoms with van der Waals surface area (Å²) in [6.07, 6.45) is 10.2. The Labute approximate surface area is 363 Å². The Kier molecular flexibility index (Phi) is 12.4. The summed E-state index contributed by atoms with van der Waals surface area (Å²) < 4.78 is 11.5. The summed E-state index contributed by atoms with van der Waals surface area (Å²) in [5.41, 5.74) is 4.79. The van der Waals surface area contributed by atoms with E-state index in [4.69, 9.17) is 9.47 Å². The number of fused-ring (bicyclic) bond motifs is 5. The van der Waals surface area contributed by atoms with Gasteiger partial charge < -0.3 is 50.6 Å². The van der Waals surface area contributed by atoms with Crippen LogP contribution < -0.4 is 20.1 Å². The molecule has 0 radical (unpaired) electrons. The number of aromatic hydroxyl groups is 4. The van der Waals surface area contributed by atoms with Gasteiger partial charge >= 0.3 is 0 Å². The van der Waals surface area contributed by atoms with E-state index in [2.05, 4.69) is 33.8 Å². The number of ether oxygens (including phenoxy) is 2. The van der Waals surface area contributed by atoms with E-state index in [1.54, 1.807) is 36.4 Å². The van der Waals surface area contributed by atoms with Gasteiger partial charge in [-0.05, 0) is 156 Å². The number of dihydropyridines is 1. The molecule has 1 fully saturated rings. The molecule has 8 rings (SSSR count). The summed E-state index contributed by atoms with van der Waals surface area (Å²) in [4.78, 5) is 19.3. The Morgan fingerprint density at radius 2 is 1.79 bits per heavy atom. The van der Waals surface area contributed by atoms with E-state index in [1.807, 2.05) is 50.4 Å².